The van der Waals surface area contributed by atoms with E-state index in [-0.39, 0.29) is 0 Å². The number of benzene rings is 5. The SMILES string of the molecule is COCCOCCOc1cc2ccccc2cc1-c1nc2cc3nc(-c4cc5ccccc5cc4OCCOCCOC)oc3cc2o1. The maximum absolute atomic E-state index is 6.33. The Morgan fingerprint density at radius 2 is 0.896 bits per heavy atom. The Hall–Kier alpha value is -5.00. The second kappa shape index (κ2) is 14.8. The Labute approximate surface area is 277 Å². The van der Waals surface area contributed by atoms with E-state index in [0.717, 1.165) is 32.7 Å². The molecule has 0 saturated heterocycles. The molecule has 0 unspecified atom stereocenters. The van der Waals surface area contributed by atoms with Crippen LogP contribution in [0.15, 0.2) is 93.8 Å². The van der Waals surface area contributed by atoms with Crippen LogP contribution >= 0.6 is 0 Å². The number of oxazole rings is 2. The van der Waals surface area contributed by atoms with Crippen molar-refractivity contribution in [3.8, 4) is 34.4 Å². The lowest BCUT2D eigenvalue weighted by Gasteiger charge is -2.12. The van der Waals surface area contributed by atoms with E-state index in [9.17, 15) is 0 Å². The van der Waals surface area contributed by atoms with E-state index in [1.165, 1.54) is 0 Å². The van der Waals surface area contributed by atoms with Crippen LogP contribution in [0.5, 0.6) is 11.5 Å². The summed E-state index contributed by atoms with van der Waals surface area (Å²) in [4.78, 5) is 9.71. The zero-order chi connectivity index (χ0) is 32.7. The van der Waals surface area contributed by atoms with Gasteiger partial charge >= 0.3 is 0 Å². The van der Waals surface area contributed by atoms with Crippen LogP contribution in [0.4, 0.5) is 0 Å². The minimum atomic E-state index is 0.371. The highest BCUT2D eigenvalue weighted by Crippen LogP contribution is 2.39. The van der Waals surface area contributed by atoms with E-state index in [2.05, 4.69) is 12.1 Å². The number of methoxy groups -OCH3 is 2. The van der Waals surface area contributed by atoms with Crippen LogP contribution in [0.1, 0.15) is 0 Å². The predicted molar refractivity (Wildman–Crippen MR) is 184 cm³/mol. The summed E-state index contributed by atoms with van der Waals surface area (Å²) in [7, 11) is 3.29. The van der Waals surface area contributed by atoms with Gasteiger partial charge in [-0.2, -0.15) is 0 Å². The lowest BCUT2D eigenvalue weighted by molar-refractivity contribution is 0.0545. The number of rotatable bonds is 16. The van der Waals surface area contributed by atoms with E-state index in [1.807, 2.05) is 72.8 Å². The zero-order valence-electron chi connectivity index (χ0n) is 26.9. The summed E-state index contributed by atoms with van der Waals surface area (Å²) in [5.74, 6) is 2.20. The first-order chi connectivity index (χ1) is 23.7. The fourth-order valence-corrected chi connectivity index (χ4v) is 5.50. The number of nitrogens with zero attached hydrogens (tertiary/aromatic N) is 2. The van der Waals surface area contributed by atoms with Crippen molar-refractivity contribution >= 4 is 43.7 Å². The van der Waals surface area contributed by atoms with Gasteiger partial charge in [0.25, 0.3) is 0 Å². The maximum Gasteiger partial charge on any atom is 0.231 e. The van der Waals surface area contributed by atoms with Crippen molar-refractivity contribution in [2.45, 2.75) is 0 Å². The van der Waals surface area contributed by atoms with Gasteiger partial charge in [0.1, 0.15) is 35.7 Å². The summed E-state index contributed by atoms with van der Waals surface area (Å²) < 4.78 is 46.3. The average Bonchev–Trinajstić information content (AvgIpc) is 3.72. The third-order valence-corrected chi connectivity index (χ3v) is 7.89. The lowest BCUT2D eigenvalue weighted by atomic mass is 10.1. The maximum atomic E-state index is 6.33. The predicted octanol–water partition coefficient (Wildman–Crippen LogP) is 7.69. The van der Waals surface area contributed by atoms with Gasteiger partial charge in [-0.05, 0) is 51.9 Å². The number of fused-ring (bicyclic) bond motifs is 4. The van der Waals surface area contributed by atoms with Gasteiger partial charge in [-0.15, -0.1) is 0 Å². The molecule has 0 aliphatic rings. The molecule has 0 radical (unpaired) electrons. The fraction of sp³-hybridized carbons (Fsp3) is 0.263. The van der Waals surface area contributed by atoms with Gasteiger partial charge in [0.2, 0.25) is 11.8 Å². The first-order valence-corrected chi connectivity index (χ1v) is 15.9. The molecule has 7 aromatic rings. The second-order valence-electron chi connectivity index (χ2n) is 11.1. The third-order valence-electron chi connectivity index (χ3n) is 7.89. The first kappa shape index (κ1) is 31.6. The Morgan fingerprint density at radius 1 is 0.479 bits per heavy atom. The summed E-state index contributed by atoms with van der Waals surface area (Å²) >= 11 is 0. The molecule has 0 aliphatic heterocycles. The molecular weight excluding hydrogens is 612 g/mol. The van der Waals surface area contributed by atoms with Gasteiger partial charge in [0, 0.05) is 20.3 Å². The fourth-order valence-electron chi connectivity index (χ4n) is 5.50. The Bertz CT molecular complexity index is 1950. The minimum Gasteiger partial charge on any atom is -0.490 e. The quantitative estimate of drug-likeness (QED) is 0.0968. The smallest absolute Gasteiger partial charge is 0.231 e. The van der Waals surface area contributed by atoms with Crippen LogP contribution in [0.3, 0.4) is 0 Å². The van der Waals surface area contributed by atoms with Crippen LogP contribution in [0.25, 0.3) is 66.7 Å². The third kappa shape index (κ3) is 6.97. The first-order valence-electron chi connectivity index (χ1n) is 15.9. The number of hydrogen-bond donors (Lipinski definition) is 0. The average molecular weight is 649 g/mol. The highest BCUT2D eigenvalue weighted by molar-refractivity contribution is 5.95. The molecule has 5 aromatic carbocycles. The molecule has 10 nitrogen and oxygen atoms in total. The van der Waals surface area contributed by atoms with Crippen molar-refractivity contribution < 1.29 is 37.3 Å². The zero-order valence-corrected chi connectivity index (χ0v) is 26.9. The normalized spacial score (nSPS) is 11.7. The van der Waals surface area contributed by atoms with Crippen LogP contribution in [-0.2, 0) is 18.9 Å². The summed E-state index contributed by atoms with van der Waals surface area (Å²) in [5, 5.41) is 4.21. The van der Waals surface area contributed by atoms with Gasteiger partial charge in [-0.25, -0.2) is 9.97 Å². The van der Waals surface area contributed by atoms with Crippen LogP contribution < -0.4 is 9.47 Å². The molecule has 0 fully saturated rings. The van der Waals surface area contributed by atoms with Crippen LogP contribution in [0, 0.1) is 0 Å². The number of aromatic nitrogens is 2. The molecule has 0 saturated carbocycles. The largest absolute Gasteiger partial charge is 0.490 e. The standard InChI is InChI=1S/C38H36N2O8/c1-41-11-13-43-15-17-45-33-21-27-9-5-3-7-25(27)19-29(33)37-39-31-23-32-36(24-35(31)47-37)48-38(40-32)30-20-26-8-4-6-10-28(26)22-34(30)46-18-16-44-14-12-42-2/h3-10,19-24H,11-18H2,1-2H3. The second-order valence-corrected chi connectivity index (χ2v) is 11.1. The molecule has 0 bridgehead atoms. The van der Waals surface area contributed by atoms with Gasteiger partial charge in [0.15, 0.2) is 11.2 Å². The van der Waals surface area contributed by atoms with Crippen molar-refractivity contribution in [3.63, 3.8) is 0 Å². The highest BCUT2D eigenvalue weighted by Gasteiger charge is 2.20. The Kier molecular flexibility index (Phi) is 9.76. The van der Waals surface area contributed by atoms with E-state index in [0.29, 0.717) is 98.3 Å². The molecule has 0 aliphatic carbocycles. The van der Waals surface area contributed by atoms with Crippen LogP contribution in [0.2, 0.25) is 0 Å². The number of hydrogen-bond acceptors (Lipinski definition) is 10. The molecule has 0 atom stereocenters. The van der Waals surface area contributed by atoms with Gasteiger partial charge in [-0.1, -0.05) is 48.5 Å². The number of ether oxygens (including phenoxy) is 6. The van der Waals surface area contributed by atoms with Gasteiger partial charge < -0.3 is 37.3 Å². The minimum absolute atomic E-state index is 0.371. The molecule has 0 N–H and O–H groups in total. The molecule has 0 spiro atoms. The van der Waals surface area contributed by atoms with Crippen molar-refractivity contribution in [1.82, 2.24) is 9.97 Å². The van der Waals surface area contributed by atoms with Crippen molar-refractivity contribution in [3.05, 3.63) is 84.9 Å². The molecule has 246 valence electrons. The molecule has 7 rings (SSSR count). The van der Waals surface area contributed by atoms with Gasteiger partial charge in [0.05, 0.1) is 50.8 Å². The van der Waals surface area contributed by atoms with E-state index in [4.69, 9.17) is 47.2 Å². The van der Waals surface area contributed by atoms with Crippen molar-refractivity contribution in [1.29, 1.82) is 0 Å². The summed E-state index contributed by atoms with van der Waals surface area (Å²) in [6.07, 6.45) is 0. The summed E-state index contributed by atoms with van der Waals surface area (Å²) in [6, 6.07) is 28.0. The van der Waals surface area contributed by atoms with E-state index in [1.54, 1.807) is 14.2 Å². The Morgan fingerprint density at radius 3 is 1.33 bits per heavy atom. The van der Waals surface area contributed by atoms with E-state index >= 15 is 0 Å². The summed E-state index contributed by atoms with van der Waals surface area (Å²) in [5.41, 5.74) is 3.95. The van der Waals surface area contributed by atoms with Gasteiger partial charge in [-0.3, -0.25) is 0 Å². The summed E-state index contributed by atoms with van der Waals surface area (Å²) in [6.45, 7) is 3.68. The molecule has 0 amide bonds. The molecule has 2 heterocycles. The highest BCUT2D eigenvalue weighted by atomic mass is 16.5. The Balaban J connectivity index is 1.19. The lowest BCUT2D eigenvalue weighted by Crippen LogP contribution is -2.10. The van der Waals surface area contributed by atoms with Crippen molar-refractivity contribution in [2.75, 3.05) is 67.1 Å². The van der Waals surface area contributed by atoms with Crippen molar-refractivity contribution in [2.24, 2.45) is 0 Å². The van der Waals surface area contributed by atoms with Crippen LogP contribution in [-0.4, -0.2) is 77.0 Å². The molecule has 2 aromatic heterocycles. The monoisotopic (exact) mass is 648 g/mol. The molecular formula is C38H36N2O8. The topological polar surface area (TPSA) is 107 Å². The van der Waals surface area contributed by atoms with E-state index < -0.39 is 0 Å². The molecule has 48 heavy (non-hydrogen) atoms. The molecule has 10 heteroatoms.